The molecule has 96 valence electrons. The normalized spacial score (nSPS) is 11.4. The topological polar surface area (TPSA) is 24.7 Å². The van der Waals surface area contributed by atoms with Gasteiger partial charge in [-0.05, 0) is 43.5 Å². The number of benzene rings is 2. The predicted octanol–water partition coefficient (Wildman–Crippen LogP) is 4.96. The molecule has 0 saturated carbocycles. The van der Waals surface area contributed by atoms with Gasteiger partial charge in [0.2, 0.25) is 0 Å². The fourth-order valence-electron chi connectivity index (χ4n) is 1.67. The minimum atomic E-state index is 0.982. The van der Waals surface area contributed by atoms with Gasteiger partial charge in [0.15, 0.2) is 0 Å². The molecular weight excluding hydrogens is 232 g/mol. The molecule has 2 aromatic carbocycles. The maximum absolute atomic E-state index is 4.39. The second-order valence-electron chi connectivity index (χ2n) is 4.23. The van der Waals surface area contributed by atoms with Crippen molar-refractivity contribution in [3.8, 4) is 0 Å². The summed E-state index contributed by atoms with van der Waals surface area (Å²) in [4.78, 5) is 8.79. The Hall–Kier alpha value is -2.22. The Morgan fingerprint density at radius 3 is 1.47 bits per heavy atom. The van der Waals surface area contributed by atoms with E-state index >= 15 is 0 Å². The summed E-state index contributed by atoms with van der Waals surface area (Å²) in [6.45, 7) is 0. The van der Waals surface area contributed by atoms with Crippen LogP contribution in [0.15, 0.2) is 70.6 Å². The standard InChI is InChI=1S/C17H18N2/c1-4-10-16(11-5-1)18-14-8-3-9-15-19-17-12-6-2-7-13-17/h1-2,4-7,10-15H,3,8-9H2. The lowest BCUT2D eigenvalue weighted by Gasteiger charge is -1.93. The highest BCUT2D eigenvalue weighted by atomic mass is 14.7. The fourth-order valence-corrected chi connectivity index (χ4v) is 1.67. The van der Waals surface area contributed by atoms with Crippen LogP contribution in [0.3, 0.4) is 0 Å². The first kappa shape index (κ1) is 13.2. The number of para-hydroxylation sites is 2. The molecule has 0 aliphatic rings. The zero-order chi connectivity index (χ0) is 13.2. The van der Waals surface area contributed by atoms with Gasteiger partial charge in [-0.3, -0.25) is 9.98 Å². The van der Waals surface area contributed by atoms with Crippen molar-refractivity contribution in [3.63, 3.8) is 0 Å². The van der Waals surface area contributed by atoms with Crippen LogP contribution < -0.4 is 0 Å². The van der Waals surface area contributed by atoms with Crippen LogP contribution in [0.25, 0.3) is 0 Å². The lowest BCUT2D eigenvalue weighted by atomic mass is 10.2. The van der Waals surface area contributed by atoms with Crippen LogP contribution >= 0.6 is 0 Å². The Labute approximate surface area is 114 Å². The summed E-state index contributed by atoms with van der Waals surface area (Å²) in [5, 5.41) is 0. The van der Waals surface area contributed by atoms with Crippen molar-refractivity contribution in [2.24, 2.45) is 9.98 Å². The largest absolute Gasteiger partial charge is 0.261 e. The first-order valence-electron chi connectivity index (χ1n) is 6.60. The van der Waals surface area contributed by atoms with E-state index in [1.54, 1.807) is 0 Å². The van der Waals surface area contributed by atoms with E-state index in [9.17, 15) is 0 Å². The van der Waals surface area contributed by atoms with Gasteiger partial charge in [0.1, 0.15) is 0 Å². The minimum absolute atomic E-state index is 0.982. The lowest BCUT2D eigenvalue weighted by Crippen LogP contribution is -1.79. The molecule has 0 fully saturated rings. The van der Waals surface area contributed by atoms with E-state index < -0.39 is 0 Å². The number of rotatable bonds is 6. The van der Waals surface area contributed by atoms with Crippen LogP contribution in [-0.4, -0.2) is 12.4 Å². The van der Waals surface area contributed by atoms with Crippen LogP contribution in [0, 0.1) is 0 Å². The zero-order valence-electron chi connectivity index (χ0n) is 10.9. The third kappa shape index (κ3) is 5.30. The van der Waals surface area contributed by atoms with Gasteiger partial charge in [0.05, 0.1) is 11.4 Å². The molecule has 19 heavy (non-hydrogen) atoms. The molecule has 0 aliphatic heterocycles. The van der Waals surface area contributed by atoms with Gasteiger partial charge in [-0.1, -0.05) is 36.4 Å². The monoisotopic (exact) mass is 250 g/mol. The van der Waals surface area contributed by atoms with Gasteiger partial charge < -0.3 is 0 Å². The summed E-state index contributed by atoms with van der Waals surface area (Å²) in [5.41, 5.74) is 2.03. The molecule has 0 spiro atoms. The summed E-state index contributed by atoms with van der Waals surface area (Å²) in [6, 6.07) is 20.0. The van der Waals surface area contributed by atoms with Gasteiger partial charge in [0.25, 0.3) is 0 Å². The molecule has 2 rings (SSSR count). The van der Waals surface area contributed by atoms with Crippen LogP contribution in [-0.2, 0) is 0 Å². The first-order valence-corrected chi connectivity index (χ1v) is 6.60. The molecule has 0 heterocycles. The SMILES string of the molecule is C(CCCC=Nc1ccccc1)=Nc1ccccc1. The van der Waals surface area contributed by atoms with Gasteiger partial charge in [0, 0.05) is 12.4 Å². The molecule has 0 aromatic heterocycles. The number of hydrogen-bond acceptors (Lipinski definition) is 2. The van der Waals surface area contributed by atoms with Crippen LogP contribution in [0.4, 0.5) is 11.4 Å². The number of hydrogen-bond donors (Lipinski definition) is 0. The Morgan fingerprint density at radius 1 is 0.632 bits per heavy atom. The fraction of sp³-hybridized carbons (Fsp3) is 0.176. The summed E-state index contributed by atoms with van der Waals surface area (Å²) in [5.74, 6) is 0. The lowest BCUT2D eigenvalue weighted by molar-refractivity contribution is 0.944. The van der Waals surface area contributed by atoms with Crippen molar-refractivity contribution < 1.29 is 0 Å². The van der Waals surface area contributed by atoms with Gasteiger partial charge >= 0.3 is 0 Å². The molecule has 0 bridgehead atoms. The predicted molar refractivity (Wildman–Crippen MR) is 83.0 cm³/mol. The van der Waals surface area contributed by atoms with E-state index in [1.165, 1.54) is 0 Å². The highest BCUT2D eigenvalue weighted by Crippen LogP contribution is 2.10. The molecule has 0 saturated heterocycles. The van der Waals surface area contributed by atoms with Crippen LogP contribution in [0.2, 0.25) is 0 Å². The van der Waals surface area contributed by atoms with E-state index in [0.29, 0.717) is 0 Å². The molecule has 2 heteroatoms. The van der Waals surface area contributed by atoms with Gasteiger partial charge in [-0.15, -0.1) is 0 Å². The smallest absolute Gasteiger partial charge is 0.0625 e. The Morgan fingerprint density at radius 2 is 1.05 bits per heavy atom. The van der Waals surface area contributed by atoms with Crippen LogP contribution in [0.1, 0.15) is 19.3 Å². The Balaban J connectivity index is 1.65. The third-order valence-corrected chi connectivity index (χ3v) is 2.66. The average molecular weight is 250 g/mol. The molecule has 0 amide bonds. The van der Waals surface area contributed by atoms with E-state index in [4.69, 9.17) is 0 Å². The molecule has 0 radical (unpaired) electrons. The molecule has 0 aliphatic carbocycles. The third-order valence-electron chi connectivity index (χ3n) is 2.66. The molecule has 0 N–H and O–H groups in total. The molecule has 2 nitrogen and oxygen atoms in total. The van der Waals surface area contributed by atoms with Crippen LogP contribution in [0.5, 0.6) is 0 Å². The Bertz CT molecular complexity index is 466. The molecule has 2 aromatic rings. The minimum Gasteiger partial charge on any atom is -0.261 e. The maximum Gasteiger partial charge on any atom is 0.0625 e. The molecular formula is C17H18N2. The average Bonchev–Trinajstić information content (AvgIpc) is 2.48. The quantitative estimate of drug-likeness (QED) is 0.511. The molecule has 0 atom stereocenters. The van der Waals surface area contributed by atoms with E-state index in [-0.39, 0.29) is 0 Å². The highest BCUT2D eigenvalue weighted by Gasteiger charge is 1.86. The second-order valence-corrected chi connectivity index (χ2v) is 4.23. The van der Waals surface area contributed by atoms with Crippen molar-refractivity contribution in [1.29, 1.82) is 0 Å². The van der Waals surface area contributed by atoms with E-state index in [2.05, 4.69) is 9.98 Å². The second kappa shape index (κ2) is 7.98. The van der Waals surface area contributed by atoms with Crippen molar-refractivity contribution in [1.82, 2.24) is 0 Å². The summed E-state index contributed by atoms with van der Waals surface area (Å²) >= 11 is 0. The number of nitrogens with zero attached hydrogens (tertiary/aromatic N) is 2. The summed E-state index contributed by atoms with van der Waals surface area (Å²) in [6.07, 6.45) is 7.00. The summed E-state index contributed by atoms with van der Waals surface area (Å²) in [7, 11) is 0. The highest BCUT2D eigenvalue weighted by molar-refractivity contribution is 5.65. The first-order chi connectivity index (χ1) is 9.45. The van der Waals surface area contributed by atoms with Crippen molar-refractivity contribution in [2.75, 3.05) is 0 Å². The Kier molecular flexibility index (Phi) is 5.55. The van der Waals surface area contributed by atoms with Crippen molar-refractivity contribution >= 4 is 23.8 Å². The maximum atomic E-state index is 4.39. The zero-order valence-corrected chi connectivity index (χ0v) is 10.9. The molecule has 0 unspecified atom stereocenters. The number of aliphatic imine (C=N–C) groups is 2. The van der Waals surface area contributed by atoms with E-state index in [1.807, 2.05) is 73.1 Å². The van der Waals surface area contributed by atoms with Crippen molar-refractivity contribution in [3.05, 3.63) is 60.7 Å². The summed E-state index contributed by atoms with van der Waals surface area (Å²) < 4.78 is 0. The van der Waals surface area contributed by atoms with Gasteiger partial charge in [-0.25, -0.2) is 0 Å². The number of unbranched alkanes of at least 4 members (excludes halogenated alkanes) is 2. The van der Waals surface area contributed by atoms with Gasteiger partial charge in [-0.2, -0.15) is 0 Å². The van der Waals surface area contributed by atoms with E-state index in [0.717, 1.165) is 30.6 Å². The van der Waals surface area contributed by atoms with Crippen molar-refractivity contribution in [2.45, 2.75) is 19.3 Å².